The third-order valence-corrected chi connectivity index (χ3v) is 6.40. The van der Waals surface area contributed by atoms with Gasteiger partial charge in [0.1, 0.15) is 24.9 Å². The molecule has 3 atom stereocenters. The summed E-state index contributed by atoms with van der Waals surface area (Å²) < 4.78 is 16.5. The number of alkyl carbamates (subject to hydrolysis) is 1. The normalized spacial score (nSPS) is 20.1. The third-order valence-electron chi connectivity index (χ3n) is 6.40. The first-order chi connectivity index (χ1) is 18.6. The van der Waals surface area contributed by atoms with Crippen LogP contribution >= 0.6 is 0 Å². The Morgan fingerprint density at radius 3 is 2.26 bits per heavy atom. The van der Waals surface area contributed by atoms with Gasteiger partial charge in [-0.25, -0.2) is 14.4 Å². The number of carbonyl (C=O) groups is 4. The van der Waals surface area contributed by atoms with Crippen LogP contribution < -0.4 is 10.6 Å². The lowest BCUT2D eigenvalue weighted by Crippen LogP contribution is -2.47. The summed E-state index contributed by atoms with van der Waals surface area (Å²) >= 11 is 0. The second-order valence-electron chi connectivity index (χ2n) is 10.4. The van der Waals surface area contributed by atoms with Gasteiger partial charge in [0, 0.05) is 12.2 Å². The number of hydrogen-bond acceptors (Lipinski definition) is 7. The van der Waals surface area contributed by atoms with Crippen molar-refractivity contribution in [3.05, 3.63) is 66.2 Å². The predicted octanol–water partition coefficient (Wildman–Crippen LogP) is 3.75. The molecule has 0 spiro atoms. The Labute approximate surface area is 227 Å². The van der Waals surface area contributed by atoms with Gasteiger partial charge >= 0.3 is 18.3 Å². The van der Waals surface area contributed by atoms with E-state index >= 15 is 0 Å². The van der Waals surface area contributed by atoms with Gasteiger partial charge in [-0.15, -0.1) is 0 Å². The smallest absolute Gasteiger partial charge is 0.412 e. The summed E-state index contributed by atoms with van der Waals surface area (Å²) in [6, 6.07) is 17.1. The zero-order valence-corrected chi connectivity index (χ0v) is 22.3. The van der Waals surface area contributed by atoms with Crippen molar-refractivity contribution in [3.63, 3.8) is 0 Å². The molecule has 2 aromatic rings. The van der Waals surface area contributed by atoms with Crippen LogP contribution in [0, 0.1) is 0 Å². The number of benzene rings is 2. The number of likely N-dealkylation sites (tertiary alicyclic amines) is 2. The van der Waals surface area contributed by atoms with Gasteiger partial charge in [-0.05, 0) is 44.9 Å². The van der Waals surface area contributed by atoms with Gasteiger partial charge in [0.2, 0.25) is 5.91 Å². The number of anilines is 1. The zero-order valence-electron chi connectivity index (χ0n) is 22.3. The fraction of sp³-hybridized carbons (Fsp3) is 0.429. The maximum Gasteiger partial charge on any atom is 0.412 e. The Bertz CT molecular complexity index is 1170. The average Bonchev–Trinajstić information content (AvgIpc) is 3.47. The summed E-state index contributed by atoms with van der Waals surface area (Å²) in [5.74, 6) is -0.370. The number of nitrogens with one attached hydrogen (secondary N) is 2. The van der Waals surface area contributed by atoms with Crippen LogP contribution in [0.2, 0.25) is 0 Å². The predicted molar refractivity (Wildman–Crippen MR) is 142 cm³/mol. The molecule has 2 fully saturated rings. The SMILES string of the molecule is CC(C)(C)OC(=O)NCC(=O)N1CC(OC(=O)Nc2ccccc2)C2C1CCN2C(=O)OCc1ccccc1. The quantitative estimate of drug-likeness (QED) is 0.537. The van der Waals surface area contributed by atoms with E-state index in [2.05, 4.69) is 10.6 Å². The fourth-order valence-electron chi connectivity index (χ4n) is 4.80. The van der Waals surface area contributed by atoms with E-state index in [-0.39, 0.29) is 25.6 Å². The number of rotatable bonds is 6. The van der Waals surface area contributed by atoms with E-state index in [9.17, 15) is 19.2 Å². The van der Waals surface area contributed by atoms with Crippen LogP contribution in [0.1, 0.15) is 32.8 Å². The molecule has 2 saturated heterocycles. The van der Waals surface area contributed by atoms with Crippen molar-refractivity contribution in [1.82, 2.24) is 15.1 Å². The first-order valence-corrected chi connectivity index (χ1v) is 12.9. The van der Waals surface area contributed by atoms with Gasteiger partial charge in [0.05, 0.1) is 18.6 Å². The highest BCUT2D eigenvalue weighted by Crippen LogP contribution is 2.34. The monoisotopic (exact) mass is 538 g/mol. The highest BCUT2D eigenvalue weighted by Gasteiger charge is 2.54. The highest BCUT2D eigenvalue weighted by molar-refractivity contribution is 5.85. The second kappa shape index (κ2) is 12.1. The molecule has 3 unspecified atom stereocenters. The minimum Gasteiger partial charge on any atom is -0.445 e. The number of amides is 4. The second-order valence-corrected chi connectivity index (χ2v) is 10.4. The van der Waals surface area contributed by atoms with Gasteiger partial charge in [-0.2, -0.15) is 0 Å². The highest BCUT2D eigenvalue weighted by atomic mass is 16.6. The minimum absolute atomic E-state index is 0.0643. The molecule has 11 nitrogen and oxygen atoms in total. The molecule has 208 valence electrons. The fourth-order valence-corrected chi connectivity index (χ4v) is 4.80. The summed E-state index contributed by atoms with van der Waals surface area (Å²) in [4.78, 5) is 54.1. The van der Waals surface area contributed by atoms with Crippen molar-refractivity contribution in [2.75, 3.05) is 25.0 Å². The van der Waals surface area contributed by atoms with Gasteiger partial charge in [0.15, 0.2) is 0 Å². The molecule has 2 N–H and O–H groups in total. The van der Waals surface area contributed by atoms with Crippen molar-refractivity contribution in [1.29, 1.82) is 0 Å². The molecule has 0 bridgehead atoms. The molecule has 39 heavy (non-hydrogen) atoms. The van der Waals surface area contributed by atoms with Gasteiger partial charge in [-0.3, -0.25) is 15.0 Å². The van der Waals surface area contributed by atoms with Gasteiger partial charge < -0.3 is 24.4 Å². The molecule has 2 aromatic carbocycles. The molecule has 2 aliphatic rings. The van der Waals surface area contributed by atoms with E-state index in [0.717, 1.165) is 5.56 Å². The summed E-state index contributed by atoms with van der Waals surface area (Å²) in [5.41, 5.74) is 0.688. The first-order valence-electron chi connectivity index (χ1n) is 12.9. The lowest BCUT2D eigenvalue weighted by molar-refractivity contribution is -0.131. The molecule has 0 aliphatic carbocycles. The Balaban J connectivity index is 1.44. The van der Waals surface area contributed by atoms with E-state index in [4.69, 9.17) is 14.2 Å². The molecule has 0 radical (unpaired) electrons. The number of ether oxygens (including phenoxy) is 3. The van der Waals surface area contributed by atoms with Crippen LogP contribution in [-0.4, -0.2) is 77.4 Å². The number of fused-ring (bicyclic) bond motifs is 1. The van der Waals surface area contributed by atoms with Crippen molar-refractivity contribution in [2.45, 2.75) is 57.6 Å². The van der Waals surface area contributed by atoms with E-state index in [1.807, 2.05) is 36.4 Å². The number of nitrogens with zero attached hydrogens (tertiary/aromatic N) is 2. The molecule has 11 heteroatoms. The molecule has 2 heterocycles. The van der Waals surface area contributed by atoms with Crippen LogP contribution in [0.4, 0.5) is 20.1 Å². The number of carbonyl (C=O) groups excluding carboxylic acids is 4. The molecule has 4 amide bonds. The topological polar surface area (TPSA) is 127 Å². The molecule has 2 aliphatic heterocycles. The standard InChI is InChI=1S/C28H34N4O7/c1-28(2,3)39-25(34)29-16-23(33)32-17-22(38-26(35)30-20-12-8-5-9-13-20)24-21(32)14-15-31(24)27(36)37-18-19-10-6-4-7-11-19/h4-13,21-22,24H,14-18H2,1-3H3,(H,29,34)(H,30,35). The molecular formula is C28H34N4O7. The summed E-state index contributed by atoms with van der Waals surface area (Å²) in [7, 11) is 0. The van der Waals surface area contributed by atoms with Crippen molar-refractivity contribution in [3.8, 4) is 0 Å². The van der Waals surface area contributed by atoms with E-state index in [1.54, 1.807) is 49.9 Å². The zero-order chi connectivity index (χ0) is 28.0. The number of hydrogen-bond donors (Lipinski definition) is 2. The largest absolute Gasteiger partial charge is 0.445 e. The van der Waals surface area contributed by atoms with Crippen molar-refractivity contribution >= 4 is 29.9 Å². The Hall–Kier alpha value is -4.28. The number of para-hydroxylation sites is 1. The van der Waals surface area contributed by atoms with Crippen LogP contribution in [0.15, 0.2) is 60.7 Å². The Kier molecular flexibility index (Phi) is 8.58. The summed E-state index contributed by atoms with van der Waals surface area (Å²) in [6.07, 6.45) is -2.28. The lowest BCUT2D eigenvalue weighted by atomic mass is 10.1. The summed E-state index contributed by atoms with van der Waals surface area (Å²) in [6.45, 7) is 5.38. The molecule has 0 aromatic heterocycles. The Morgan fingerprint density at radius 1 is 0.923 bits per heavy atom. The van der Waals surface area contributed by atoms with Crippen LogP contribution in [0.5, 0.6) is 0 Å². The van der Waals surface area contributed by atoms with Crippen molar-refractivity contribution in [2.24, 2.45) is 0 Å². The third kappa shape index (κ3) is 7.40. The molecular weight excluding hydrogens is 504 g/mol. The van der Waals surface area contributed by atoms with Crippen LogP contribution in [-0.2, 0) is 25.6 Å². The maximum absolute atomic E-state index is 13.1. The van der Waals surface area contributed by atoms with E-state index in [0.29, 0.717) is 18.7 Å². The van der Waals surface area contributed by atoms with Crippen LogP contribution in [0.3, 0.4) is 0 Å². The van der Waals surface area contributed by atoms with Gasteiger partial charge in [-0.1, -0.05) is 48.5 Å². The maximum atomic E-state index is 13.1. The summed E-state index contributed by atoms with van der Waals surface area (Å²) in [5, 5.41) is 5.15. The van der Waals surface area contributed by atoms with Crippen LogP contribution in [0.25, 0.3) is 0 Å². The first kappa shape index (κ1) is 27.7. The Morgan fingerprint density at radius 2 is 1.59 bits per heavy atom. The van der Waals surface area contributed by atoms with Gasteiger partial charge in [0.25, 0.3) is 0 Å². The molecule has 0 saturated carbocycles. The van der Waals surface area contributed by atoms with E-state index in [1.165, 1.54) is 4.90 Å². The molecule has 4 rings (SSSR count). The average molecular weight is 539 g/mol. The minimum atomic E-state index is -0.795. The lowest BCUT2D eigenvalue weighted by Gasteiger charge is -2.27. The van der Waals surface area contributed by atoms with E-state index < -0.39 is 42.1 Å². The van der Waals surface area contributed by atoms with Crippen molar-refractivity contribution < 1.29 is 33.4 Å².